The molecule has 0 radical (unpaired) electrons. The van der Waals surface area contributed by atoms with Crippen LogP contribution in [0.1, 0.15) is 26.0 Å². The summed E-state index contributed by atoms with van der Waals surface area (Å²) in [5, 5.41) is 0. The number of aromatic nitrogens is 1. The van der Waals surface area contributed by atoms with Gasteiger partial charge in [-0.3, -0.25) is 4.98 Å². The Labute approximate surface area is 131 Å². The predicted octanol–water partition coefficient (Wildman–Crippen LogP) is 1.15. The van der Waals surface area contributed by atoms with E-state index in [-0.39, 0.29) is 15.9 Å². The van der Waals surface area contributed by atoms with Crippen molar-refractivity contribution in [1.82, 2.24) is 9.29 Å². The topological polar surface area (TPSA) is 85.5 Å². The molecule has 0 saturated heterocycles. The van der Waals surface area contributed by atoms with Crippen LogP contribution in [0, 0.1) is 0 Å². The average Bonchev–Trinajstić information content (AvgIpc) is 2.47. The molecule has 0 aliphatic heterocycles. The summed E-state index contributed by atoms with van der Waals surface area (Å²) < 4.78 is 31.8. The summed E-state index contributed by atoms with van der Waals surface area (Å²) in [4.78, 5) is 4.25. The van der Waals surface area contributed by atoms with Crippen LogP contribution in [0.3, 0.4) is 0 Å². The molecule has 6 nitrogen and oxygen atoms in total. The highest BCUT2D eigenvalue weighted by Gasteiger charge is 2.28. The second-order valence-corrected chi connectivity index (χ2v) is 6.94. The molecule has 1 aromatic rings. The number of ether oxygens (including phenoxy) is 1. The fraction of sp³-hybridized carbons (Fsp3) is 0.538. The van der Waals surface area contributed by atoms with E-state index in [1.807, 2.05) is 13.8 Å². The molecule has 1 atom stereocenters. The van der Waals surface area contributed by atoms with E-state index in [2.05, 4.69) is 4.98 Å². The second-order valence-electron chi connectivity index (χ2n) is 4.61. The SMILES string of the molecule is CCC(C)N(CCOC)S(=O)(=O)c1ccc(C(N)=S)nc1. The van der Waals surface area contributed by atoms with Crippen molar-refractivity contribution in [3.05, 3.63) is 24.0 Å². The zero-order chi connectivity index (χ0) is 16.0. The van der Waals surface area contributed by atoms with Crippen LogP contribution < -0.4 is 5.73 Å². The molecule has 21 heavy (non-hydrogen) atoms. The van der Waals surface area contributed by atoms with Crippen molar-refractivity contribution < 1.29 is 13.2 Å². The van der Waals surface area contributed by atoms with Gasteiger partial charge in [0.05, 0.1) is 12.3 Å². The van der Waals surface area contributed by atoms with Gasteiger partial charge in [-0.15, -0.1) is 0 Å². The Morgan fingerprint density at radius 3 is 2.62 bits per heavy atom. The molecule has 0 spiro atoms. The van der Waals surface area contributed by atoms with Crippen LogP contribution in [0.25, 0.3) is 0 Å². The zero-order valence-electron chi connectivity index (χ0n) is 12.4. The molecular weight excluding hydrogens is 310 g/mol. The smallest absolute Gasteiger partial charge is 0.244 e. The Kier molecular flexibility index (Phi) is 6.66. The number of hydrogen-bond acceptors (Lipinski definition) is 5. The van der Waals surface area contributed by atoms with Crippen LogP contribution in [0.2, 0.25) is 0 Å². The first kappa shape index (κ1) is 18.0. The Balaban J connectivity index is 3.12. The van der Waals surface area contributed by atoms with Crippen LogP contribution in [-0.4, -0.2) is 49.0 Å². The van der Waals surface area contributed by atoms with Gasteiger partial charge in [0, 0.05) is 25.9 Å². The van der Waals surface area contributed by atoms with Gasteiger partial charge >= 0.3 is 0 Å². The first-order chi connectivity index (χ1) is 9.84. The van der Waals surface area contributed by atoms with Crippen LogP contribution in [0.15, 0.2) is 23.2 Å². The number of nitrogens with zero attached hydrogens (tertiary/aromatic N) is 2. The van der Waals surface area contributed by atoms with Gasteiger partial charge in [0.25, 0.3) is 0 Å². The largest absolute Gasteiger partial charge is 0.388 e. The number of thiocarbonyl (C=S) groups is 1. The third-order valence-corrected chi connectivity index (χ3v) is 5.40. The minimum Gasteiger partial charge on any atom is -0.388 e. The number of methoxy groups -OCH3 is 1. The fourth-order valence-corrected chi connectivity index (χ4v) is 3.53. The zero-order valence-corrected chi connectivity index (χ0v) is 14.1. The molecule has 0 amide bonds. The molecule has 8 heteroatoms. The maximum absolute atomic E-state index is 12.7. The Morgan fingerprint density at radius 2 is 2.19 bits per heavy atom. The average molecular weight is 331 g/mol. The molecule has 2 N–H and O–H groups in total. The second kappa shape index (κ2) is 7.79. The first-order valence-electron chi connectivity index (χ1n) is 6.61. The van der Waals surface area contributed by atoms with E-state index in [1.165, 1.54) is 22.6 Å². The first-order valence-corrected chi connectivity index (χ1v) is 8.46. The van der Waals surface area contributed by atoms with Crippen molar-refractivity contribution in [2.24, 2.45) is 5.73 Å². The molecule has 0 bridgehead atoms. The van der Waals surface area contributed by atoms with Gasteiger partial charge in [0.1, 0.15) is 9.88 Å². The lowest BCUT2D eigenvalue weighted by molar-refractivity contribution is 0.167. The molecule has 1 aromatic heterocycles. The molecule has 1 rings (SSSR count). The quantitative estimate of drug-likeness (QED) is 0.719. The lowest BCUT2D eigenvalue weighted by Gasteiger charge is -2.27. The molecule has 118 valence electrons. The van der Waals surface area contributed by atoms with Crippen molar-refractivity contribution >= 4 is 27.2 Å². The standard InChI is InChI=1S/C13H21N3O3S2/c1-4-10(2)16(7-8-19-3)21(17,18)11-5-6-12(13(14)20)15-9-11/h5-6,9-10H,4,7-8H2,1-3H3,(H2,14,20). The van der Waals surface area contributed by atoms with E-state index >= 15 is 0 Å². The summed E-state index contributed by atoms with van der Waals surface area (Å²) in [7, 11) is -2.08. The summed E-state index contributed by atoms with van der Waals surface area (Å²) in [6.07, 6.45) is 1.99. The highest BCUT2D eigenvalue weighted by molar-refractivity contribution is 7.89. The van der Waals surface area contributed by atoms with Crippen molar-refractivity contribution in [2.75, 3.05) is 20.3 Å². The summed E-state index contributed by atoms with van der Waals surface area (Å²) in [6, 6.07) is 2.86. The van der Waals surface area contributed by atoms with E-state index in [0.717, 1.165) is 0 Å². The predicted molar refractivity (Wildman–Crippen MR) is 85.6 cm³/mol. The van der Waals surface area contributed by atoms with Crippen molar-refractivity contribution in [2.45, 2.75) is 31.2 Å². The van der Waals surface area contributed by atoms with Crippen LogP contribution in [-0.2, 0) is 14.8 Å². The molecule has 0 aliphatic rings. The van der Waals surface area contributed by atoms with E-state index in [1.54, 1.807) is 7.11 Å². The van der Waals surface area contributed by atoms with Gasteiger partial charge in [-0.25, -0.2) is 8.42 Å². The van der Waals surface area contributed by atoms with E-state index in [0.29, 0.717) is 25.3 Å². The van der Waals surface area contributed by atoms with Gasteiger partial charge in [-0.05, 0) is 25.5 Å². The normalized spacial score (nSPS) is 13.3. The minimum atomic E-state index is -3.62. The maximum Gasteiger partial charge on any atom is 0.244 e. The van der Waals surface area contributed by atoms with Crippen LogP contribution >= 0.6 is 12.2 Å². The van der Waals surface area contributed by atoms with Crippen molar-refractivity contribution in [1.29, 1.82) is 0 Å². The Morgan fingerprint density at radius 1 is 1.52 bits per heavy atom. The minimum absolute atomic E-state index is 0.124. The van der Waals surface area contributed by atoms with Crippen molar-refractivity contribution in [3.8, 4) is 0 Å². The lowest BCUT2D eigenvalue weighted by atomic mass is 10.3. The van der Waals surface area contributed by atoms with E-state index < -0.39 is 10.0 Å². The number of rotatable bonds is 8. The number of hydrogen-bond donors (Lipinski definition) is 1. The fourth-order valence-electron chi connectivity index (χ4n) is 1.78. The van der Waals surface area contributed by atoms with Crippen molar-refractivity contribution in [3.63, 3.8) is 0 Å². The van der Waals surface area contributed by atoms with E-state index in [4.69, 9.17) is 22.7 Å². The summed E-state index contributed by atoms with van der Waals surface area (Å²) in [5.74, 6) is 0. The summed E-state index contributed by atoms with van der Waals surface area (Å²) >= 11 is 4.81. The number of nitrogens with two attached hydrogens (primary N) is 1. The number of pyridine rings is 1. The molecule has 0 aliphatic carbocycles. The molecule has 0 saturated carbocycles. The molecule has 1 unspecified atom stereocenters. The van der Waals surface area contributed by atoms with Crippen LogP contribution in [0.5, 0.6) is 0 Å². The third-order valence-electron chi connectivity index (χ3n) is 3.19. The highest BCUT2D eigenvalue weighted by atomic mass is 32.2. The van der Waals surface area contributed by atoms with Gasteiger partial charge in [0.15, 0.2) is 0 Å². The maximum atomic E-state index is 12.7. The van der Waals surface area contributed by atoms with Crippen LogP contribution in [0.4, 0.5) is 0 Å². The number of sulfonamides is 1. The molecule has 0 aromatic carbocycles. The monoisotopic (exact) mass is 331 g/mol. The summed E-state index contributed by atoms with van der Waals surface area (Å²) in [6.45, 7) is 4.44. The Hall–Kier alpha value is -1.09. The molecular formula is C13H21N3O3S2. The highest BCUT2D eigenvalue weighted by Crippen LogP contribution is 2.19. The molecule has 0 fully saturated rings. The van der Waals surface area contributed by atoms with Gasteiger partial charge in [-0.2, -0.15) is 4.31 Å². The third kappa shape index (κ3) is 4.44. The molecule has 1 heterocycles. The lowest BCUT2D eigenvalue weighted by Crippen LogP contribution is -2.40. The van der Waals surface area contributed by atoms with Gasteiger partial charge in [0.2, 0.25) is 10.0 Å². The van der Waals surface area contributed by atoms with Gasteiger partial charge < -0.3 is 10.5 Å². The Bertz CT molecular complexity index is 573. The van der Waals surface area contributed by atoms with E-state index in [9.17, 15) is 8.42 Å². The van der Waals surface area contributed by atoms with Gasteiger partial charge in [-0.1, -0.05) is 19.1 Å². The summed E-state index contributed by atoms with van der Waals surface area (Å²) in [5.41, 5.74) is 5.86.